The molecule has 2 N–H and O–H groups in total. The lowest BCUT2D eigenvalue weighted by Crippen LogP contribution is -2.23. The van der Waals surface area contributed by atoms with E-state index < -0.39 is 0 Å². The summed E-state index contributed by atoms with van der Waals surface area (Å²) in [6.07, 6.45) is 10.3. The van der Waals surface area contributed by atoms with Gasteiger partial charge in [-0.1, -0.05) is 22.6 Å². The summed E-state index contributed by atoms with van der Waals surface area (Å²) in [5, 5.41) is 21.6. The molecule has 0 spiro atoms. The van der Waals surface area contributed by atoms with Crippen molar-refractivity contribution in [2.45, 2.75) is 45.8 Å². The van der Waals surface area contributed by atoms with Crippen LogP contribution in [0.1, 0.15) is 40.2 Å². The molecule has 0 radical (unpaired) electrons. The van der Waals surface area contributed by atoms with Gasteiger partial charge < -0.3 is 10.6 Å². The molecule has 0 saturated heterocycles. The first kappa shape index (κ1) is 23.7. The molecule has 0 aromatic carbocycles. The number of anilines is 1. The van der Waals surface area contributed by atoms with Crippen molar-refractivity contribution in [3.8, 4) is 0 Å². The number of nitrogens with one attached hydrogen (secondary N) is 2. The number of aromatic nitrogens is 8. The molecule has 0 unspecified atom stereocenters. The zero-order chi connectivity index (χ0) is 24.5. The van der Waals surface area contributed by atoms with E-state index in [1.807, 2.05) is 31.2 Å². The van der Waals surface area contributed by atoms with E-state index in [2.05, 4.69) is 41.2 Å². The van der Waals surface area contributed by atoms with Crippen LogP contribution in [0, 0.1) is 6.92 Å². The molecule has 180 valence electrons. The van der Waals surface area contributed by atoms with Crippen LogP contribution in [0.25, 0.3) is 0 Å². The molecule has 4 rings (SSSR count). The average Bonchev–Trinajstić information content (AvgIpc) is 3.52. The number of hydrogen-bond acceptors (Lipinski definition) is 8. The van der Waals surface area contributed by atoms with E-state index in [1.165, 1.54) is 0 Å². The zero-order valence-electron chi connectivity index (χ0n) is 19.3. The number of nitrogens with zero attached hydrogens (tertiary/aromatic N) is 8. The number of amides is 2. The number of rotatable bonds is 11. The number of unbranched alkanes of at least 4 members (excludes halogenated alkanes) is 1. The van der Waals surface area contributed by atoms with Gasteiger partial charge in [-0.25, -0.2) is 0 Å². The van der Waals surface area contributed by atoms with Crippen molar-refractivity contribution in [1.29, 1.82) is 0 Å². The van der Waals surface area contributed by atoms with Crippen LogP contribution >= 0.6 is 0 Å². The summed E-state index contributed by atoms with van der Waals surface area (Å²) < 4.78 is 3.33. The summed E-state index contributed by atoms with van der Waals surface area (Å²) in [5.74, 6) is -0.0432. The predicted octanol–water partition coefficient (Wildman–Crippen LogP) is 1.56. The van der Waals surface area contributed by atoms with Crippen LogP contribution in [0.3, 0.4) is 0 Å². The Balaban J connectivity index is 1.15. The summed E-state index contributed by atoms with van der Waals surface area (Å²) in [6, 6.07) is 7.46. The molecule has 4 aromatic heterocycles. The van der Waals surface area contributed by atoms with Gasteiger partial charge in [0.1, 0.15) is 0 Å². The molecule has 35 heavy (non-hydrogen) atoms. The number of aryl methyl sites for hydroxylation is 3. The van der Waals surface area contributed by atoms with Crippen LogP contribution in [0.2, 0.25) is 0 Å². The quantitative estimate of drug-likeness (QED) is 0.312. The lowest BCUT2D eigenvalue weighted by atomic mass is 10.2. The van der Waals surface area contributed by atoms with Crippen molar-refractivity contribution in [2.75, 3.05) is 5.32 Å². The fourth-order valence-corrected chi connectivity index (χ4v) is 3.28. The highest BCUT2D eigenvalue weighted by Crippen LogP contribution is 2.06. The molecule has 12 nitrogen and oxygen atoms in total. The van der Waals surface area contributed by atoms with E-state index in [9.17, 15) is 9.59 Å². The summed E-state index contributed by atoms with van der Waals surface area (Å²) in [6.45, 7) is 3.53. The van der Waals surface area contributed by atoms with Crippen LogP contribution < -0.4 is 10.6 Å². The van der Waals surface area contributed by atoms with Crippen LogP contribution in [0.15, 0.2) is 55.2 Å². The number of hydrogen-bond donors (Lipinski definition) is 2. The number of carbonyl (C=O) groups excluding carboxylic acids is 2. The number of pyridine rings is 2. The predicted molar refractivity (Wildman–Crippen MR) is 126 cm³/mol. The molecule has 0 saturated carbocycles. The Morgan fingerprint density at radius 1 is 0.943 bits per heavy atom. The van der Waals surface area contributed by atoms with E-state index in [0.717, 1.165) is 29.7 Å². The van der Waals surface area contributed by atoms with Crippen molar-refractivity contribution in [1.82, 2.24) is 45.3 Å². The Labute approximate surface area is 201 Å². The number of carbonyl (C=O) groups is 2. The third kappa shape index (κ3) is 7.25. The smallest absolute Gasteiger partial charge is 0.273 e. The second kappa shape index (κ2) is 11.6. The summed E-state index contributed by atoms with van der Waals surface area (Å²) >= 11 is 0. The Kier molecular flexibility index (Phi) is 7.84. The molecule has 4 aromatic rings. The van der Waals surface area contributed by atoms with Gasteiger partial charge in [0, 0.05) is 43.9 Å². The monoisotopic (exact) mass is 474 g/mol. The molecule has 2 amide bonds. The lowest BCUT2D eigenvalue weighted by Gasteiger charge is -2.03. The molecule has 12 heteroatoms. The molecule has 0 aliphatic rings. The molecule has 0 aliphatic carbocycles. The van der Waals surface area contributed by atoms with Crippen LogP contribution in [0.5, 0.6) is 0 Å². The van der Waals surface area contributed by atoms with Gasteiger partial charge in [0.15, 0.2) is 11.5 Å². The van der Waals surface area contributed by atoms with Gasteiger partial charge in [-0.2, -0.15) is 0 Å². The first-order valence-electron chi connectivity index (χ1n) is 11.2. The third-order valence-electron chi connectivity index (χ3n) is 5.12. The lowest BCUT2D eigenvalue weighted by molar-refractivity contribution is -0.115. The van der Waals surface area contributed by atoms with E-state index in [4.69, 9.17) is 0 Å². The molecular weight excluding hydrogens is 448 g/mol. The topological polar surface area (TPSA) is 145 Å². The first-order valence-corrected chi connectivity index (χ1v) is 11.2. The van der Waals surface area contributed by atoms with E-state index in [1.54, 1.807) is 40.3 Å². The van der Waals surface area contributed by atoms with Gasteiger partial charge >= 0.3 is 0 Å². The summed E-state index contributed by atoms with van der Waals surface area (Å²) in [5.41, 5.74) is 2.92. The highest BCUT2D eigenvalue weighted by Gasteiger charge is 2.11. The maximum absolute atomic E-state index is 12.2. The van der Waals surface area contributed by atoms with Gasteiger partial charge in [-0.15, -0.1) is 10.2 Å². The standard InChI is InChI=1S/C23H26N10O2/c1-17-6-7-18(13-25-17)11-22(34)27-21-16-33(31-29-21)10-3-2-9-32-15-20(28-30-32)23(35)26-14-19-5-4-8-24-12-19/h4-8,12-13,15-16H,2-3,9-11,14H2,1H3,(H,26,35)(H,27,34). The fraction of sp³-hybridized carbons (Fsp3) is 0.304. The minimum absolute atomic E-state index is 0.172. The maximum Gasteiger partial charge on any atom is 0.273 e. The van der Waals surface area contributed by atoms with Gasteiger partial charge in [0.25, 0.3) is 5.91 Å². The summed E-state index contributed by atoms with van der Waals surface area (Å²) in [4.78, 5) is 32.6. The van der Waals surface area contributed by atoms with Crippen LogP contribution in [0.4, 0.5) is 5.82 Å². The van der Waals surface area contributed by atoms with Crippen molar-refractivity contribution in [3.05, 3.63) is 77.8 Å². The van der Waals surface area contributed by atoms with Gasteiger partial charge in [-0.3, -0.25) is 28.9 Å². The highest BCUT2D eigenvalue weighted by atomic mass is 16.2. The van der Waals surface area contributed by atoms with Crippen molar-refractivity contribution < 1.29 is 9.59 Å². The molecule has 0 atom stereocenters. The zero-order valence-corrected chi connectivity index (χ0v) is 19.3. The van der Waals surface area contributed by atoms with Gasteiger partial charge in [0.2, 0.25) is 5.91 Å². The van der Waals surface area contributed by atoms with E-state index >= 15 is 0 Å². The van der Waals surface area contributed by atoms with Crippen LogP contribution in [-0.4, -0.2) is 51.8 Å². The summed E-state index contributed by atoms with van der Waals surface area (Å²) in [7, 11) is 0. The Bertz CT molecular complexity index is 1250. The van der Waals surface area contributed by atoms with Crippen molar-refractivity contribution >= 4 is 17.6 Å². The third-order valence-corrected chi connectivity index (χ3v) is 5.12. The minimum Gasteiger partial charge on any atom is -0.346 e. The normalized spacial score (nSPS) is 10.8. The minimum atomic E-state index is -0.282. The Hall–Kier alpha value is -4.48. The fourth-order valence-electron chi connectivity index (χ4n) is 3.28. The second-order valence-corrected chi connectivity index (χ2v) is 8.02. The van der Waals surface area contributed by atoms with E-state index in [0.29, 0.717) is 25.5 Å². The Morgan fingerprint density at radius 3 is 2.49 bits per heavy atom. The largest absolute Gasteiger partial charge is 0.346 e. The molecule has 0 aliphatic heterocycles. The van der Waals surface area contributed by atoms with Crippen molar-refractivity contribution in [3.63, 3.8) is 0 Å². The average molecular weight is 475 g/mol. The molecular formula is C23H26N10O2. The van der Waals surface area contributed by atoms with E-state index in [-0.39, 0.29) is 23.9 Å². The first-order chi connectivity index (χ1) is 17.0. The second-order valence-electron chi connectivity index (χ2n) is 8.02. The van der Waals surface area contributed by atoms with Gasteiger partial charge in [-0.05, 0) is 43.0 Å². The molecule has 4 heterocycles. The van der Waals surface area contributed by atoms with Crippen molar-refractivity contribution in [2.24, 2.45) is 0 Å². The SMILES string of the molecule is Cc1ccc(CC(=O)Nc2cn(CCCCn3cc(C(=O)NCc4cccnc4)nn3)nn2)cn1. The van der Waals surface area contributed by atoms with Gasteiger partial charge in [0.05, 0.1) is 18.8 Å². The highest BCUT2D eigenvalue weighted by molar-refractivity contribution is 5.92. The Morgan fingerprint density at radius 2 is 1.74 bits per heavy atom. The molecule has 0 fully saturated rings. The molecule has 0 bridgehead atoms. The van der Waals surface area contributed by atoms with Crippen LogP contribution in [-0.2, 0) is 30.8 Å². The maximum atomic E-state index is 12.2.